The maximum absolute atomic E-state index is 12.2. The number of carbonyl (C=O) groups excluding carboxylic acids is 1. The number of amides is 1. The molecule has 1 amide bonds. The van der Waals surface area contributed by atoms with E-state index in [9.17, 15) is 13.2 Å². The van der Waals surface area contributed by atoms with Gasteiger partial charge in [-0.15, -0.1) is 0 Å². The molecule has 1 heterocycles. The molecule has 1 aromatic heterocycles. The molecule has 0 saturated heterocycles. The van der Waals surface area contributed by atoms with Gasteiger partial charge in [-0.3, -0.25) is 10.1 Å². The Bertz CT molecular complexity index is 758. The summed E-state index contributed by atoms with van der Waals surface area (Å²) >= 11 is 1.96. The largest absolute Gasteiger partial charge is 0.291 e. The molecule has 0 radical (unpaired) electrons. The molecule has 112 valence electrons. The van der Waals surface area contributed by atoms with Gasteiger partial charge in [0.1, 0.15) is 6.33 Å². The Morgan fingerprint density at radius 2 is 2.10 bits per heavy atom. The van der Waals surface area contributed by atoms with E-state index in [1.807, 2.05) is 22.6 Å². The molecule has 2 N–H and O–H groups in total. The maximum Gasteiger partial charge on any atom is 0.259 e. The van der Waals surface area contributed by atoms with E-state index in [1.165, 1.54) is 32.6 Å². The Kier molecular flexibility index (Phi) is 4.58. The third-order valence-corrected chi connectivity index (χ3v) is 5.36. The minimum Gasteiger partial charge on any atom is -0.291 e. The van der Waals surface area contributed by atoms with Crippen LogP contribution in [-0.4, -0.2) is 47.9 Å². The van der Waals surface area contributed by atoms with Gasteiger partial charge in [0.25, 0.3) is 5.91 Å². The second-order valence-electron chi connectivity index (χ2n) is 4.22. The minimum absolute atomic E-state index is 0.0515. The van der Waals surface area contributed by atoms with Gasteiger partial charge in [0, 0.05) is 17.7 Å². The normalized spacial score (nSPS) is 11.6. The highest BCUT2D eigenvalue weighted by Crippen LogP contribution is 2.20. The number of hydrogen-bond acceptors (Lipinski definition) is 5. The lowest BCUT2D eigenvalue weighted by Crippen LogP contribution is -2.23. The zero-order valence-electron chi connectivity index (χ0n) is 11.2. The van der Waals surface area contributed by atoms with Gasteiger partial charge in [0.2, 0.25) is 16.0 Å². The van der Waals surface area contributed by atoms with Crippen molar-refractivity contribution in [2.45, 2.75) is 4.90 Å². The van der Waals surface area contributed by atoms with Crippen molar-refractivity contribution in [3.8, 4) is 0 Å². The molecule has 0 fully saturated rings. The summed E-state index contributed by atoms with van der Waals surface area (Å²) in [6, 6.07) is 4.37. The fourth-order valence-electron chi connectivity index (χ4n) is 1.49. The van der Waals surface area contributed by atoms with Crippen LogP contribution in [0.2, 0.25) is 0 Å². The summed E-state index contributed by atoms with van der Waals surface area (Å²) in [6.45, 7) is 0. The molecule has 0 aliphatic rings. The first-order valence-corrected chi connectivity index (χ1v) is 8.23. The molecule has 1 aromatic carbocycles. The van der Waals surface area contributed by atoms with Crippen LogP contribution in [-0.2, 0) is 10.0 Å². The quantitative estimate of drug-likeness (QED) is 0.714. The van der Waals surface area contributed by atoms with Crippen molar-refractivity contribution < 1.29 is 13.2 Å². The Balaban J connectivity index is 2.38. The Morgan fingerprint density at radius 3 is 2.67 bits per heavy atom. The van der Waals surface area contributed by atoms with Crippen LogP contribution in [0.15, 0.2) is 29.4 Å². The second-order valence-corrected chi connectivity index (χ2v) is 7.53. The summed E-state index contributed by atoms with van der Waals surface area (Å²) in [6.07, 6.45) is 1.26. The van der Waals surface area contributed by atoms with Crippen LogP contribution in [0.1, 0.15) is 10.4 Å². The first kappa shape index (κ1) is 15.9. The molecule has 0 saturated carbocycles. The fraction of sp³-hybridized carbons (Fsp3) is 0.182. The monoisotopic (exact) mass is 421 g/mol. The summed E-state index contributed by atoms with van der Waals surface area (Å²) in [5, 5.41) is 8.62. The first-order chi connectivity index (χ1) is 9.82. The Labute approximate surface area is 135 Å². The highest BCUT2D eigenvalue weighted by Gasteiger charge is 2.20. The molecule has 0 aliphatic heterocycles. The molecular weight excluding hydrogens is 409 g/mol. The summed E-state index contributed by atoms with van der Waals surface area (Å²) in [5.41, 5.74) is 0.245. The van der Waals surface area contributed by atoms with E-state index in [4.69, 9.17) is 0 Å². The molecule has 0 spiro atoms. The lowest BCUT2D eigenvalue weighted by atomic mass is 10.2. The number of nitrogens with zero attached hydrogens (tertiary/aromatic N) is 3. The average Bonchev–Trinajstić information content (AvgIpc) is 2.91. The van der Waals surface area contributed by atoms with Gasteiger partial charge < -0.3 is 0 Å². The summed E-state index contributed by atoms with van der Waals surface area (Å²) in [5.74, 6) is -0.274. The molecular formula is C11H12IN5O3S. The number of carbonyl (C=O) groups is 1. The van der Waals surface area contributed by atoms with Crippen LogP contribution < -0.4 is 5.32 Å². The Morgan fingerprint density at radius 1 is 1.38 bits per heavy atom. The van der Waals surface area contributed by atoms with Crippen molar-refractivity contribution in [3.63, 3.8) is 0 Å². The van der Waals surface area contributed by atoms with Gasteiger partial charge in [0.05, 0.1) is 10.5 Å². The fourth-order valence-corrected chi connectivity index (χ4v) is 3.00. The van der Waals surface area contributed by atoms with Crippen LogP contribution in [0.25, 0.3) is 0 Å². The van der Waals surface area contributed by atoms with Gasteiger partial charge in [0.15, 0.2) is 0 Å². The molecule has 0 bridgehead atoms. The van der Waals surface area contributed by atoms with Crippen molar-refractivity contribution >= 4 is 44.5 Å². The minimum atomic E-state index is -3.60. The maximum atomic E-state index is 12.2. The van der Waals surface area contributed by atoms with E-state index in [1.54, 1.807) is 6.07 Å². The van der Waals surface area contributed by atoms with Crippen LogP contribution >= 0.6 is 22.6 Å². The molecule has 21 heavy (non-hydrogen) atoms. The van der Waals surface area contributed by atoms with Gasteiger partial charge in [-0.2, -0.15) is 10.1 Å². The second kappa shape index (κ2) is 6.07. The lowest BCUT2D eigenvalue weighted by Gasteiger charge is -2.13. The topological polar surface area (TPSA) is 108 Å². The number of anilines is 1. The van der Waals surface area contributed by atoms with Crippen LogP contribution in [0, 0.1) is 3.57 Å². The highest BCUT2D eigenvalue weighted by atomic mass is 127. The van der Waals surface area contributed by atoms with Gasteiger partial charge in [-0.25, -0.2) is 17.8 Å². The van der Waals surface area contributed by atoms with Crippen molar-refractivity contribution in [1.82, 2.24) is 19.5 Å². The van der Waals surface area contributed by atoms with Crippen molar-refractivity contribution in [3.05, 3.63) is 33.7 Å². The number of sulfonamides is 1. The van der Waals surface area contributed by atoms with E-state index >= 15 is 0 Å². The van der Waals surface area contributed by atoms with E-state index < -0.39 is 15.9 Å². The predicted molar refractivity (Wildman–Crippen MR) is 84.4 cm³/mol. The number of rotatable bonds is 4. The van der Waals surface area contributed by atoms with Gasteiger partial charge in [-0.1, -0.05) is 0 Å². The molecule has 8 nitrogen and oxygen atoms in total. The number of hydrogen-bond donors (Lipinski definition) is 2. The molecule has 2 rings (SSSR count). The lowest BCUT2D eigenvalue weighted by molar-refractivity contribution is 0.102. The van der Waals surface area contributed by atoms with E-state index in [-0.39, 0.29) is 16.4 Å². The van der Waals surface area contributed by atoms with Gasteiger partial charge >= 0.3 is 0 Å². The number of nitrogens with one attached hydrogen (secondary N) is 2. The van der Waals surface area contributed by atoms with E-state index in [0.717, 1.165) is 4.31 Å². The number of H-pyrrole nitrogens is 1. The van der Waals surface area contributed by atoms with Crippen LogP contribution in [0.5, 0.6) is 0 Å². The Hall–Kier alpha value is -1.53. The molecule has 0 atom stereocenters. The molecule has 10 heteroatoms. The molecule has 2 aromatic rings. The highest BCUT2D eigenvalue weighted by molar-refractivity contribution is 14.1. The predicted octanol–water partition coefficient (Wildman–Crippen LogP) is 0.912. The standard InChI is InChI=1S/C11H12IN5O3S/c1-17(2)21(19,20)7-3-4-9(12)8(5-7)10(18)15-11-13-6-14-16-11/h3-6H,1-2H3,(H2,13,14,15,16,18). The number of halogens is 1. The molecule has 0 aliphatic carbocycles. The summed E-state index contributed by atoms with van der Waals surface area (Å²) < 4.78 is 25.9. The van der Waals surface area contributed by atoms with Crippen LogP contribution in [0.3, 0.4) is 0 Å². The zero-order chi connectivity index (χ0) is 15.6. The number of aromatic amines is 1. The van der Waals surface area contributed by atoms with E-state index in [0.29, 0.717) is 3.57 Å². The van der Waals surface area contributed by atoms with Crippen molar-refractivity contribution in [2.75, 3.05) is 19.4 Å². The zero-order valence-corrected chi connectivity index (χ0v) is 14.1. The average molecular weight is 421 g/mol. The smallest absolute Gasteiger partial charge is 0.259 e. The van der Waals surface area contributed by atoms with Crippen molar-refractivity contribution in [2.24, 2.45) is 0 Å². The van der Waals surface area contributed by atoms with Gasteiger partial charge in [-0.05, 0) is 40.8 Å². The third kappa shape index (κ3) is 3.39. The SMILES string of the molecule is CN(C)S(=O)(=O)c1ccc(I)c(C(=O)Nc2ncn[nH]2)c1. The molecule has 0 unspecified atom stereocenters. The summed E-state index contributed by atoms with van der Waals surface area (Å²) in [7, 11) is -0.733. The van der Waals surface area contributed by atoms with Crippen LogP contribution in [0.4, 0.5) is 5.95 Å². The number of benzene rings is 1. The van der Waals surface area contributed by atoms with Crippen molar-refractivity contribution in [1.29, 1.82) is 0 Å². The first-order valence-electron chi connectivity index (χ1n) is 5.71. The third-order valence-electron chi connectivity index (χ3n) is 2.61. The van der Waals surface area contributed by atoms with E-state index in [2.05, 4.69) is 20.5 Å². The number of aromatic nitrogens is 3. The summed E-state index contributed by atoms with van der Waals surface area (Å²) in [4.78, 5) is 16.0.